The van der Waals surface area contributed by atoms with Crippen molar-refractivity contribution in [1.29, 1.82) is 0 Å². The lowest BCUT2D eigenvalue weighted by molar-refractivity contribution is 0.0942. The van der Waals surface area contributed by atoms with Crippen LogP contribution in [-0.4, -0.2) is 19.1 Å². The number of rotatable bonds is 4. The first kappa shape index (κ1) is 18.4. The number of nitrogens with one attached hydrogen (secondary N) is 1. The molecule has 0 fully saturated rings. The van der Waals surface area contributed by atoms with E-state index in [0.717, 1.165) is 17.5 Å². The van der Waals surface area contributed by atoms with E-state index >= 15 is 0 Å². The average molecular weight is 394 g/mol. The van der Waals surface area contributed by atoms with Crippen molar-refractivity contribution in [2.24, 2.45) is 0 Å². The quantitative estimate of drug-likeness (QED) is 0.677. The van der Waals surface area contributed by atoms with Gasteiger partial charge in [-0.3, -0.25) is 4.79 Å². The first-order valence-electron chi connectivity index (χ1n) is 9.22. The van der Waals surface area contributed by atoms with Crippen molar-refractivity contribution in [3.63, 3.8) is 0 Å². The largest absolute Gasteiger partial charge is 0.489 e. The zero-order chi connectivity index (χ0) is 19.3. The van der Waals surface area contributed by atoms with E-state index in [4.69, 9.17) is 21.1 Å². The lowest BCUT2D eigenvalue weighted by Gasteiger charge is -2.20. The van der Waals surface area contributed by atoms with Crippen molar-refractivity contribution in [3.05, 3.63) is 94.5 Å². The van der Waals surface area contributed by atoms with Gasteiger partial charge < -0.3 is 14.8 Å². The molecule has 0 saturated carbocycles. The number of carbonyl (C=O) groups excluding carboxylic acids is 1. The van der Waals surface area contributed by atoms with Gasteiger partial charge in [-0.15, -0.1) is 0 Å². The van der Waals surface area contributed by atoms with Crippen LogP contribution < -0.4 is 14.8 Å². The van der Waals surface area contributed by atoms with Gasteiger partial charge in [0, 0.05) is 12.0 Å². The Morgan fingerprint density at radius 3 is 2.14 bits per heavy atom. The molecule has 0 aliphatic carbocycles. The average Bonchev–Trinajstić information content (AvgIpc) is 2.99. The maximum Gasteiger partial charge on any atom is 0.252 e. The van der Waals surface area contributed by atoms with Gasteiger partial charge in [-0.25, -0.2) is 0 Å². The number of fused-ring (bicyclic) bond motifs is 1. The maximum atomic E-state index is 13.1. The number of hydrogen-bond donors (Lipinski definition) is 1. The number of halogens is 1. The van der Waals surface area contributed by atoms with Gasteiger partial charge in [0.15, 0.2) is 11.5 Å². The smallest absolute Gasteiger partial charge is 0.252 e. The lowest BCUT2D eigenvalue weighted by atomic mass is 9.98. The molecule has 0 aromatic heterocycles. The lowest BCUT2D eigenvalue weighted by Crippen LogP contribution is -2.29. The molecule has 1 aliphatic heterocycles. The third-order valence-electron chi connectivity index (χ3n) is 4.61. The second kappa shape index (κ2) is 8.36. The van der Waals surface area contributed by atoms with E-state index < -0.39 is 0 Å². The van der Waals surface area contributed by atoms with E-state index in [2.05, 4.69) is 5.32 Å². The summed E-state index contributed by atoms with van der Waals surface area (Å²) in [6.07, 6.45) is 0.774. The van der Waals surface area contributed by atoms with E-state index in [1.165, 1.54) is 0 Å². The van der Waals surface area contributed by atoms with Gasteiger partial charge in [-0.1, -0.05) is 72.3 Å². The van der Waals surface area contributed by atoms with Crippen molar-refractivity contribution in [2.45, 2.75) is 12.5 Å². The molecule has 0 unspecified atom stereocenters. The van der Waals surface area contributed by atoms with Crippen LogP contribution in [0.4, 0.5) is 0 Å². The van der Waals surface area contributed by atoms with Gasteiger partial charge in [0.25, 0.3) is 5.91 Å². The third kappa shape index (κ3) is 3.97. The molecule has 0 atom stereocenters. The molecule has 28 heavy (non-hydrogen) atoms. The van der Waals surface area contributed by atoms with Crippen LogP contribution in [0.1, 0.15) is 33.9 Å². The fourth-order valence-corrected chi connectivity index (χ4v) is 3.49. The predicted octanol–water partition coefficient (Wildman–Crippen LogP) is 5.02. The minimum atomic E-state index is -0.273. The van der Waals surface area contributed by atoms with Crippen molar-refractivity contribution < 1.29 is 14.3 Å². The highest BCUT2D eigenvalue weighted by Gasteiger charge is 2.21. The van der Waals surface area contributed by atoms with Crippen LogP contribution in [0.2, 0.25) is 5.02 Å². The van der Waals surface area contributed by atoms with Crippen LogP contribution in [0.3, 0.4) is 0 Å². The van der Waals surface area contributed by atoms with E-state index in [9.17, 15) is 4.79 Å². The normalized spacial score (nSPS) is 13.1. The van der Waals surface area contributed by atoms with Crippen molar-refractivity contribution in [3.8, 4) is 11.5 Å². The summed E-state index contributed by atoms with van der Waals surface area (Å²) in [7, 11) is 0. The molecule has 3 aromatic carbocycles. The highest BCUT2D eigenvalue weighted by molar-refractivity contribution is 6.32. The molecule has 3 aromatic rings. The number of carbonyl (C=O) groups is 1. The molecule has 0 spiro atoms. The first-order chi connectivity index (χ1) is 13.7. The zero-order valence-electron chi connectivity index (χ0n) is 15.2. The molecule has 4 nitrogen and oxygen atoms in total. The molecule has 1 amide bonds. The SMILES string of the molecule is O=C(NC(c1ccccc1)c1ccccc1)c1cc(Cl)c2c(c1)OCCCO2. The number of hydrogen-bond acceptors (Lipinski definition) is 3. The monoisotopic (exact) mass is 393 g/mol. The molecule has 0 saturated heterocycles. The minimum Gasteiger partial charge on any atom is -0.489 e. The highest BCUT2D eigenvalue weighted by Crippen LogP contribution is 2.38. The molecule has 1 aliphatic rings. The van der Waals surface area contributed by atoms with E-state index in [1.807, 2.05) is 60.7 Å². The van der Waals surface area contributed by atoms with Crippen molar-refractivity contribution >= 4 is 17.5 Å². The molecule has 0 bridgehead atoms. The Kier molecular flexibility index (Phi) is 5.49. The van der Waals surface area contributed by atoms with Crippen LogP contribution in [0.5, 0.6) is 11.5 Å². The Morgan fingerprint density at radius 2 is 1.50 bits per heavy atom. The van der Waals surface area contributed by atoms with Gasteiger partial charge in [0.1, 0.15) is 0 Å². The van der Waals surface area contributed by atoms with Crippen LogP contribution in [0.25, 0.3) is 0 Å². The first-order valence-corrected chi connectivity index (χ1v) is 9.60. The summed E-state index contributed by atoms with van der Waals surface area (Å²) in [6, 6.07) is 22.8. The van der Waals surface area contributed by atoms with Crippen LogP contribution in [0, 0.1) is 0 Å². The van der Waals surface area contributed by atoms with E-state index in [-0.39, 0.29) is 11.9 Å². The van der Waals surface area contributed by atoms with Gasteiger partial charge >= 0.3 is 0 Å². The molecule has 0 radical (unpaired) electrons. The Bertz CT molecular complexity index is 921. The molecular formula is C23H20ClNO3. The summed E-state index contributed by atoms with van der Waals surface area (Å²) in [5, 5.41) is 3.50. The van der Waals surface area contributed by atoms with Crippen LogP contribution in [-0.2, 0) is 0 Å². The van der Waals surface area contributed by atoms with E-state index in [0.29, 0.717) is 35.3 Å². The van der Waals surface area contributed by atoms with Gasteiger partial charge in [-0.2, -0.15) is 0 Å². The second-order valence-corrected chi connectivity index (χ2v) is 6.97. The van der Waals surface area contributed by atoms with Crippen molar-refractivity contribution in [2.75, 3.05) is 13.2 Å². The molecule has 4 rings (SSSR count). The minimum absolute atomic E-state index is 0.227. The summed E-state index contributed by atoms with van der Waals surface area (Å²) >= 11 is 6.35. The molecule has 1 heterocycles. The fourth-order valence-electron chi connectivity index (χ4n) is 3.23. The number of benzene rings is 3. The van der Waals surface area contributed by atoms with Crippen molar-refractivity contribution in [1.82, 2.24) is 5.32 Å². The van der Waals surface area contributed by atoms with E-state index in [1.54, 1.807) is 12.1 Å². The van der Waals surface area contributed by atoms with Gasteiger partial charge in [-0.05, 0) is 23.3 Å². The second-order valence-electron chi connectivity index (χ2n) is 6.56. The van der Waals surface area contributed by atoms with Crippen LogP contribution in [0.15, 0.2) is 72.8 Å². The third-order valence-corrected chi connectivity index (χ3v) is 4.89. The summed E-state index contributed by atoms with van der Waals surface area (Å²) in [5.41, 5.74) is 2.44. The Hall–Kier alpha value is -2.98. The fraction of sp³-hybridized carbons (Fsp3) is 0.174. The number of amides is 1. The van der Waals surface area contributed by atoms with Gasteiger partial charge in [0.2, 0.25) is 0 Å². The highest BCUT2D eigenvalue weighted by atomic mass is 35.5. The molecule has 1 N–H and O–H groups in total. The Labute approximate surface area is 169 Å². The number of ether oxygens (including phenoxy) is 2. The molecule has 5 heteroatoms. The Balaban J connectivity index is 1.65. The zero-order valence-corrected chi connectivity index (χ0v) is 16.0. The van der Waals surface area contributed by atoms with Gasteiger partial charge in [0.05, 0.1) is 24.3 Å². The van der Waals surface area contributed by atoms with Crippen LogP contribution >= 0.6 is 11.6 Å². The standard InChI is InChI=1S/C23H20ClNO3/c24-19-14-18(15-20-22(19)28-13-7-12-27-20)23(26)25-21(16-8-3-1-4-9-16)17-10-5-2-6-11-17/h1-6,8-11,14-15,21H,7,12-13H2,(H,25,26). The summed E-state index contributed by atoms with van der Waals surface area (Å²) < 4.78 is 11.3. The summed E-state index contributed by atoms with van der Waals surface area (Å²) in [5.74, 6) is 0.778. The topological polar surface area (TPSA) is 47.6 Å². The predicted molar refractivity (Wildman–Crippen MR) is 109 cm³/mol. The maximum absolute atomic E-state index is 13.1. The molecular weight excluding hydrogens is 374 g/mol. The summed E-state index contributed by atoms with van der Waals surface area (Å²) in [6.45, 7) is 1.08. The summed E-state index contributed by atoms with van der Waals surface area (Å²) in [4.78, 5) is 13.1. The Morgan fingerprint density at radius 1 is 0.893 bits per heavy atom. The molecule has 142 valence electrons.